The van der Waals surface area contributed by atoms with Gasteiger partial charge >= 0.3 is 0 Å². The van der Waals surface area contributed by atoms with Crippen LogP contribution in [0, 0.1) is 19.8 Å². The van der Waals surface area contributed by atoms with E-state index in [-0.39, 0.29) is 5.91 Å². The molecular weight excluding hydrogens is 288 g/mol. The lowest BCUT2D eigenvalue weighted by Gasteiger charge is -2.31. The minimum absolute atomic E-state index is 0.0311. The Labute approximate surface area is 137 Å². The zero-order valence-electron chi connectivity index (χ0n) is 14.3. The molecule has 1 fully saturated rings. The van der Waals surface area contributed by atoms with Crippen LogP contribution in [-0.4, -0.2) is 37.5 Å². The first-order valence-corrected chi connectivity index (χ1v) is 8.53. The highest BCUT2D eigenvalue weighted by Crippen LogP contribution is 2.26. The van der Waals surface area contributed by atoms with Crippen molar-refractivity contribution in [2.24, 2.45) is 5.92 Å². The fourth-order valence-electron chi connectivity index (χ4n) is 3.34. The second-order valence-electron chi connectivity index (χ2n) is 6.71. The van der Waals surface area contributed by atoms with Crippen LogP contribution in [0.2, 0.25) is 0 Å². The van der Waals surface area contributed by atoms with Crippen LogP contribution in [0.5, 0.6) is 0 Å². The van der Waals surface area contributed by atoms with E-state index in [2.05, 4.69) is 25.2 Å². The standard InChI is InChI=1S/C19H26N2O2/c1-13-10-16-12-18(23-17(16)11-14(13)2)19(22)21-8-5-15(6-9-21)4-7-20-3/h10-12,15,20H,4-9H2,1-3H3. The molecule has 4 nitrogen and oxygen atoms in total. The number of likely N-dealkylation sites (tertiary alicyclic amines) is 1. The van der Waals surface area contributed by atoms with Gasteiger partial charge in [0.25, 0.3) is 5.91 Å². The van der Waals surface area contributed by atoms with Gasteiger partial charge in [0.1, 0.15) is 5.58 Å². The Balaban J connectivity index is 1.69. The van der Waals surface area contributed by atoms with E-state index in [9.17, 15) is 4.79 Å². The van der Waals surface area contributed by atoms with E-state index in [0.29, 0.717) is 5.76 Å². The third kappa shape index (κ3) is 3.42. The summed E-state index contributed by atoms with van der Waals surface area (Å²) in [5.74, 6) is 1.23. The monoisotopic (exact) mass is 314 g/mol. The molecular formula is C19H26N2O2. The molecule has 0 aliphatic carbocycles. The second-order valence-corrected chi connectivity index (χ2v) is 6.71. The molecule has 1 aromatic heterocycles. The molecule has 4 heteroatoms. The highest BCUT2D eigenvalue weighted by atomic mass is 16.3. The summed E-state index contributed by atoms with van der Waals surface area (Å²) in [4.78, 5) is 14.6. The van der Waals surface area contributed by atoms with Crippen molar-refractivity contribution >= 4 is 16.9 Å². The van der Waals surface area contributed by atoms with Crippen molar-refractivity contribution in [1.82, 2.24) is 10.2 Å². The van der Waals surface area contributed by atoms with Crippen molar-refractivity contribution in [2.75, 3.05) is 26.7 Å². The van der Waals surface area contributed by atoms with E-state index >= 15 is 0 Å². The number of nitrogens with zero attached hydrogens (tertiary/aromatic N) is 1. The maximum absolute atomic E-state index is 12.7. The Hall–Kier alpha value is -1.81. The van der Waals surface area contributed by atoms with E-state index in [1.807, 2.05) is 24.1 Å². The fourth-order valence-corrected chi connectivity index (χ4v) is 3.34. The number of piperidine rings is 1. The quantitative estimate of drug-likeness (QED) is 0.939. The van der Waals surface area contributed by atoms with E-state index in [4.69, 9.17) is 4.42 Å². The summed E-state index contributed by atoms with van der Waals surface area (Å²) in [5, 5.41) is 4.22. The van der Waals surface area contributed by atoms with Gasteiger partial charge in [-0.25, -0.2) is 0 Å². The number of carbonyl (C=O) groups is 1. The summed E-state index contributed by atoms with van der Waals surface area (Å²) in [6, 6.07) is 6.00. The van der Waals surface area contributed by atoms with Gasteiger partial charge in [-0.3, -0.25) is 4.79 Å². The number of benzene rings is 1. The Morgan fingerprint density at radius 1 is 1.22 bits per heavy atom. The van der Waals surface area contributed by atoms with Crippen LogP contribution in [0.4, 0.5) is 0 Å². The second kappa shape index (κ2) is 6.75. The van der Waals surface area contributed by atoms with E-state index in [1.54, 1.807) is 0 Å². The van der Waals surface area contributed by atoms with Crippen LogP contribution in [0.1, 0.15) is 40.9 Å². The average molecular weight is 314 g/mol. The molecule has 3 rings (SSSR count). The van der Waals surface area contributed by atoms with Crippen LogP contribution in [0.25, 0.3) is 11.0 Å². The number of aryl methyl sites for hydroxylation is 2. The first kappa shape index (κ1) is 16.1. The maximum atomic E-state index is 12.7. The van der Waals surface area contributed by atoms with Crippen molar-refractivity contribution in [2.45, 2.75) is 33.1 Å². The van der Waals surface area contributed by atoms with Gasteiger partial charge in [0, 0.05) is 18.5 Å². The Morgan fingerprint density at radius 3 is 2.61 bits per heavy atom. The lowest BCUT2D eigenvalue weighted by Crippen LogP contribution is -2.38. The van der Waals surface area contributed by atoms with Gasteiger partial charge in [-0.2, -0.15) is 0 Å². The predicted molar refractivity (Wildman–Crippen MR) is 92.9 cm³/mol. The minimum atomic E-state index is 0.0311. The summed E-state index contributed by atoms with van der Waals surface area (Å²) < 4.78 is 5.81. The maximum Gasteiger partial charge on any atom is 0.289 e. The minimum Gasteiger partial charge on any atom is -0.451 e. The van der Waals surface area contributed by atoms with Crippen LogP contribution < -0.4 is 5.32 Å². The average Bonchev–Trinajstić information content (AvgIpc) is 2.96. The molecule has 1 saturated heterocycles. The van der Waals surface area contributed by atoms with Crippen molar-refractivity contribution in [3.05, 3.63) is 35.1 Å². The normalized spacial score (nSPS) is 16.2. The molecule has 124 valence electrons. The molecule has 0 bridgehead atoms. The number of hydrogen-bond acceptors (Lipinski definition) is 3. The summed E-state index contributed by atoms with van der Waals surface area (Å²) in [6.45, 7) is 6.87. The number of carbonyl (C=O) groups excluding carboxylic acids is 1. The van der Waals surface area contributed by atoms with Crippen molar-refractivity contribution in [3.63, 3.8) is 0 Å². The molecule has 0 radical (unpaired) electrons. The highest BCUT2D eigenvalue weighted by Gasteiger charge is 2.25. The summed E-state index contributed by atoms with van der Waals surface area (Å²) in [6.07, 6.45) is 3.37. The summed E-state index contributed by atoms with van der Waals surface area (Å²) >= 11 is 0. The van der Waals surface area contributed by atoms with Crippen LogP contribution in [-0.2, 0) is 0 Å². The highest BCUT2D eigenvalue weighted by molar-refractivity contribution is 5.96. The van der Waals surface area contributed by atoms with Gasteiger partial charge in [-0.05, 0) is 81.9 Å². The molecule has 1 amide bonds. The van der Waals surface area contributed by atoms with Crippen molar-refractivity contribution < 1.29 is 9.21 Å². The van der Waals surface area contributed by atoms with Crippen molar-refractivity contribution in [3.8, 4) is 0 Å². The molecule has 0 atom stereocenters. The SMILES string of the molecule is CNCCC1CCN(C(=O)c2cc3cc(C)c(C)cc3o2)CC1. The number of nitrogens with one attached hydrogen (secondary N) is 1. The molecule has 23 heavy (non-hydrogen) atoms. The van der Waals surface area contributed by atoms with E-state index in [1.165, 1.54) is 17.5 Å². The van der Waals surface area contributed by atoms with Crippen molar-refractivity contribution in [1.29, 1.82) is 0 Å². The number of hydrogen-bond donors (Lipinski definition) is 1. The van der Waals surface area contributed by atoms with Gasteiger partial charge in [0.2, 0.25) is 0 Å². The first-order valence-electron chi connectivity index (χ1n) is 8.53. The van der Waals surface area contributed by atoms with Crippen LogP contribution >= 0.6 is 0 Å². The van der Waals surface area contributed by atoms with Gasteiger partial charge in [0.15, 0.2) is 5.76 Å². The number of amides is 1. The Kier molecular flexibility index (Phi) is 4.71. The van der Waals surface area contributed by atoms with E-state index < -0.39 is 0 Å². The number of furan rings is 1. The predicted octanol–water partition coefficient (Wildman–Crippen LogP) is 3.51. The number of fused-ring (bicyclic) bond motifs is 1. The van der Waals surface area contributed by atoms with Crippen LogP contribution in [0.15, 0.2) is 22.6 Å². The third-order valence-corrected chi connectivity index (χ3v) is 5.05. The molecule has 1 N–H and O–H groups in total. The molecule has 0 saturated carbocycles. The topological polar surface area (TPSA) is 45.5 Å². The molecule has 2 aromatic rings. The Morgan fingerprint density at radius 2 is 1.91 bits per heavy atom. The molecule has 1 aliphatic heterocycles. The summed E-state index contributed by atoms with van der Waals surface area (Å²) in [5.41, 5.74) is 3.22. The largest absolute Gasteiger partial charge is 0.451 e. The van der Waals surface area contributed by atoms with Gasteiger partial charge < -0.3 is 14.6 Å². The van der Waals surface area contributed by atoms with Crippen LogP contribution in [0.3, 0.4) is 0 Å². The molecule has 0 spiro atoms. The lowest BCUT2D eigenvalue weighted by atomic mass is 9.93. The number of rotatable bonds is 4. The Bertz CT molecular complexity index is 658. The summed E-state index contributed by atoms with van der Waals surface area (Å²) in [7, 11) is 1.99. The smallest absolute Gasteiger partial charge is 0.289 e. The molecule has 0 unspecified atom stereocenters. The lowest BCUT2D eigenvalue weighted by molar-refractivity contribution is 0.0657. The molecule has 1 aliphatic rings. The first-order chi connectivity index (χ1) is 11.1. The van der Waals surface area contributed by atoms with E-state index in [0.717, 1.165) is 49.4 Å². The molecule has 1 aromatic carbocycles. The third-order valence-electron chi connectivity index (χ3n) is 5.05. The van der Waals surface area contributed by atoms with Gasteiger partial charge in [-0.1, -0.05) is 0 Å². The zero-order valence-corrected chi connectivity index (χ0v) is 14.3. The zero-order chi connectivity index (χ0) is 16.4. The molecule has 2 heterocycles. The van der Waals surface area contributed by atoms with Gasteiger partial charge in [-0.15, -0.1) is 0 Å². The van der Waals surface area contributed by atoms with Gasteiger partial charge in [0.05, 0.1) is 0 Å². The fraction of sp³-hybridized carbons (Fsp3) is 0.526.